The summed E-state index contributed by atoms with van der Waals surface area (Å²) in [5, 5.41) is 7.31. The second-order valence-corrected chi connectivity index (χ2v) is 16.6. The summed E-state index contributed by atoms with van der Waals surface area (Å²) >= 11 is 0. The minimum absolute atomic E-state index is 0.708. The molecule has 0 aliphatic heterocycles. The van der Waals surface area contributed by atoms with Gasteiger partial charge in [-0.1, -0.05) is 218 Å². The van der Waals surface area contributed by atoms with Gasteiger partial charge in [0, 0.05) is 33.4 Å². The fourth-order valence-electron chi connectivity index (χ4n) is 9.21. The first-order chi connectivity index (χ1) is 32.7. The van der Waals surface area contributed by atoms with Crippen molar-refractivity contribution in [1.29, 1.82) is 0 Å². The van der Waals surface area contributed by atoms with Crippen LogP contribution in [-0.4, -0.2) is 19.9 Å². The fraction of sp³-hybridized carbons (Fsp3) is 0. The van der Waals surface area contributed by atoms with Crippen molar-refractivity contribution in [2.45, 2.75) is 0 Å². The van der Waals surface area contributed by atoms with E-state index in [1.54, 1.807) is 0 Å². The van der Waals surface area contributed by atoms with Crippen molar-refractivity contribution in [3.05, 3.63) is 243 Å². The summed E-state index contributed by atoms with van der Waals surface area (Å²) in [6.45, 7) is 0. The third-order valence-corrected chi connectivity index (χ3v) is 12.5. The molecule has 66 heavy (non-hydrogen) atoms. The van der Waals surface area contributed by atoms with Crippen molar-refractivity contribution in [2.24, 2.45) is 0 Å². The Morgan fingerprint density at radius 2 is 0.439 bits per heavy atom. The van der Waals surface area contributed by atoms with E-state index in [1.807, 2.05) is 72.8 Å². The van der Waals surface area contributed by atoms with E-state index in [9.17, 15) is 0 Å². The Kier molecular flexibility index (Phi) is 9.81. The molecule has 4 heteroatoms. The molecule has 0 radical (unpaired) electrons. The average Bonchev–Trinajstić information content (AvgIpc) is 3.41. The normalized spacial score (nSPS) is 11.3. The highest BCUT2D eigenvalue weighted by Crippen LogP contribution is 2.42. The van der Waals surface area contributed by atoms with Crippen molar-refractivity contribution >= 4 is 32.3 Å². The van der Waals surface area contributed by atoms with E-state index >= 15 is 0 Å². The molecule has 2 heterocycles. The molecule has 12 rings (SSSR count). The molecule has 0 saturated carbocycles. The molecule has 0 spiro atoms. The highest BCUT2D eigenvalue weighted by molar-refractivity contribution is 6.23. The van der Waals surface area contributed by atoms with Gasteiger partial charge in [0.25, 0.3) is 0 Å². The molecule has 0 saturated heterocycles. The zero-order valence-electron chi connectivity index (χ0n) is 35.9. The van der Waals surface area contributed by atoms with Crippen molar-refractivity contribution in [2.75, 3.05) is 0 Å². The van der Waals surface area contributed by atoms with Crippen LogP contribution in [0.2, 0.25) is 0 Å². The first-order valence-corrected chi connectivity index (χ1v) is 22.3. The lowest BCUT2D eigenvalue weighted by Crippen LogP contribution is -1.96. The summed E-state index contributed by atoms with van der Waals surface area (Å²) < 4.78 is 0. The molecule has 4 nitrogen and oxygen atoms in total. The molecule has 2 aromatic heterocycles. The number of rotatable bonds is 8. The molecule has 0 aliphatic rings. The van der Waals surface area contributed by atoms with Gasteiger partial charge < -0.3 is 0 Å². The molecule has 0 aliphatic carbocycles. The van der Waals surface area contributed by atoms with Crippen LogP contribution in [0.1, 0.15) is 0 Å². The Hall–Kier alpha value is -8.86. The van der Waals surface area contributed by atoms with Crippen LogP contribution in [0.3, 0.4) is 0 Å². The summed E-state index contributed by atoms with van der Waals surface area (Å²) in [6, 6.07) is 85.3. The van der Waals surface area contributed by atoms with Crippen LogP contribution in [0.25, 0.3) is 122 Å². The monoisotopic (exact) mass is 840 g/mol. The predicted molar refractivity (Wildman–Crippen MR) is 274 cm³/mol. The van der Waals surface area contributed by atoms with Gasteiger partial charge in [-0.2, -0.15) is 0 Å². The molecule has 0 fully saturated rings. The largest absolute Gasteiger partial charge is 0.228 e. The number of hydrogen-bond acceptors (Lipinski definition) is 4. The van der Waals surface area contributed by atoms with Crippen molar-refractivity contribution in [3.8, 4) is 90.1 Å². The van der Waals surface area contributed by atoms with Crippen LogP contribution in [0.5, 0.6) is 0 Å². The van der Waals surface area contributed by atoms with Gasteiger partial charge in [0.1, 0.15) is 0 Å². The van der Waals surface area contributed by atoms with Crippen molar-refractivity contribution < 1.29 is 0 Å². The van der Waals surface area contributed by atoms with E-state index in [0.717, 1.165) is 67.3 Å². The van der Waals surface area contributed by atoms with E-state index < -0.39 is 0 Å². The highest BCUT2D eigenvalue weighted by Gasteiger charge is 2.17. The molecular weight excluding hydrogens is 801 g/mol. The lowest BCUT2D eigenvalue weighted by atomic mass is 9.87. The van der Waals surface area contributed by atoms with E-state index in [4.69, 9.17) is 19.9 Å². The number of nitrogens with zero attached hydrogens (tertiary/aromatic N) is 4. The van der Waals surface area contributed by atoms with Crippen LogP contribution in [0.4, 0.5) is 0 Å². The lowest BCUT2D eigenvalue weighted by Gasteiger charge is -2.16. The van der Waals surface area contributed by atoms with E-state index in [-0.39, 0.29) is 0 Å². The molecular formula is C62H40N4. The Morgan fingerprint density at radius 3 is 0.773 bits per heavy atom. The Labute approximate surface area is 383 Å². The predicted octanol–water partition coefficient (Wildman–Crippen LogP) is 16.1. The van der Waals surface area contributed by atoms with Gasteiger partial charge in [-0.05, 0) is 78.8 Å². The maximum absolute atomic E-state index is 5.09. The van der Waals surface area contributed by atoms with Crippen LogP contribution >= 0.6 is 0 Å². The van der Waals surface area contributed by atoms with Crippen molar-refractivity contribution in [3.63, 3.8) is 0 Å². The summed E-state index contributed by atoms with van der Waals surface area (Å²) in [5.41, 5.74) is 14.4. The number of aromatic nitrogens is 4. The van der Waals surface area contributed by atoms with Crippen molar-refractivity contribution in [1.82, 2.24) is 19.9 Å². The smallest absolute Gasteiger partial charge is 0.160 e. The van der Waals surface area contributed by atoms with Gasteiger partial charge in [-0.3, -0.25) is 0 Å². The summed E-state index contributed by atoms with van der Waals surface area (Å²) in [4.78, 5) is 20.2. The summed E-state index contributed by atoms with van der Waals surface area (Å²) in [7, 11) is 0. The molecule has 0 N–H and O–H groups in total. The van der Waals surface area contributed by atoms with Gasteiger partial charge in [-0.25, -0.2) is 19.9 Å². The average molecular weight is 841 g/mol. The summed E-state index contributed by atoms with van der Waals surface area (Å²) in [6.07, 6.45) is 0. The van der Waals surface area contributed by atoms with Crippen LogP contribution in [-0.2, 0) is 0 Å². The first-order valence-electron chi connectivity index (χ1n) is 22.3. The van der Waals surface area contributed by atoms with E-state index in [0.29, 0.717) is 11.6 Å². The molecule has 0 amide bonds. The molecule has 12 aromatic rings. The van der Waals surface area contributed by atoms with Gasteiger partial charge in [-0.15, -0.1) is 0 Å². The Balaban J connectivity index is 0.942. The van der Waals surface area contributed by atoms with Gasteiger partial charge in [0.2, 0.25) is 0 Å². The quantitative estimate of drug-likeness (QED) is 0.143. The molecule has 308 valence electrons. The van der Waals surface area contributed by atoms with Gasteiger partial charge in [0.15, 0.2) is 11.6 Å². The van der Waals surface area contributed by atoms with E-state index in [2.05, 4.69) is 170 Å². The van der Waals surface area contributed by atoms with Crippen LogP contribution < -0.4 is 0 Å². The Morgan fingerprint density at radius 1 is 0.182 bits per heavy atom. The molecule has 0 atom stereocenters. The third kappa shape index (κ3) is 7.27. The third-order valence-electron chi connectivity index (χ3n) is 12.5. The molecule has 0 unspecified atom stereocenters. The van der Waals surface area contributed by atoms with Gasteiger partial charge in [0.05, 0.1) is 22.8 Å². The minimum Gasteiger partial charge on any atom is -0.228 e. The zero-order valence-corrected chi connectivity index (χ0v) is 35.9. The number of fused-ring (bicyclic) bond motifs is 5. The number of benzene rings is 10. The topological polar surface area (TPSA) is 51.6 Å². The minimum atomic E-state index is 0.708. The number of hydrogen-bond donors (Lipinski definition) is 0. The van der Waals surface area contributed by atoms with E-state index in [1.165, 1.54) is 43.4 Å². The molecule has 10 aromatic carbocycles. The first kappa shape index (κ1) is 38.8. The van der Waals surface area contributed by atoms with Gasteiger partial charge >= 0.3 is 0 Å². The SMILES string of the molecule is c1ccc(-c2cc(-c3ccc(-c4cc5c6ccccc6c(-c6ccc(-c7cc(-c8ccccc8)nc(-c8ccccc8)n7)cc6)cc5c5ccccc45)cc3)nc(-c3ccccc3)n2)cc1. The maximum Gasteiger partial charge on any atom is 0.160 e. The zero-order chi connectivity index (χ0) is 43.8. The van der Waals surface area contributed by atoms with Crippen LogP contribution in [0, 0.1) is 0 Å². The standard InChI is InChI=1S/C62H40N4/c1-5-17-43(18-6-1)57-39-59(65-61(63-57)47-21-9-3-10-22-47)45-33-29-41(30-34-45)53-37-55-52-28-16-14-26-50(52)54(38-56(55)51-27-15-13-25-49(51)53)42-31-35-46(36-32-42)60-40-58(44-19-7-2-8-20-44)64-62(66-60)48-23-11-4-12-24-48/h1-40H. The summed E-state index contributed by atoms with van der Waals surface area (Å²) in [5.74, 6) is 1.42. The Bertz CT molecular complexity index is 3340. The molecule has 0 bridgehead atoms. The fourth-order valence-corrected chi connectivity index (χ4v) is 9.21. The lowest BCUT2D eigenvalue weighted by molar-refractivity contribution is 1.18. The second-order valence-electron chi connectivity index (χ2n) is 16.6. The highest BCUT2D eigenvalue weighted by atomic mass is 14.9. The second kappa shape index (κ2) is 16.7. The van der Waals surface area contributed by atoms with Crippen LogP contribution in [0.15, 0.2) is 243 Å². The maximum atomic E-state index is 5.09.